The molecular formula is C15H16Cl2O4. The molecule has 1 aromatic carbocycles. The van der Waals surface area contributed by atoms with Crippen molar-refractivity contribution in [3.05, 3.63) is 39.4 Å². The van der Waals surface area contributed by atoms with E-state index in [2.05, 4.69) is 0 Å². The molecule has 0 aliphatic rings. The Morgan fingerprint density at radius 3 is 2.14 bits per heavy atom. The molecule has 1 rings (SSSR count). The maximum atomic E-state index is 11.9. The van der Waals surface area contributed by atoms with Crippen LogP contribution in [-0.2, 0) is 19.1 Å². The number of hydrogen-bond acceptors (Lipinski definition) is 4. The molecule has 4 nitrogen and oxygen atoms in total. The molecule has 0 unspecified atom stereocenters. The summed E-state index contributed by atoms with van der Waals surface area (Å²) in [7, 11) is 0. The fourth-order valence-electron chi connectivity index (χ4n) is 1.63. The lowest BCUT2D eigenvalue weighted by Crippen LogP contribution is -2.13. The van der Waals surface area contributed by atoms with Gasteiger partial charge in [-0.05, 0) is 43.7 Å². The lowest BCUT2D eigenvalue weighted by Gasteiger charge is -2.07. The third kappa shape index (κ3) is 6.19. The summed E-state index contributed by atoms with van der Waals surface area (Å²) in [6.07, 6.45) is 1.35. The third-order valence-corrected chi connectivity index (χ3v) is 2.84. The van der Waals surface area contributed by atoms with Gasteiger partial charge in [0.2, 0.25) is 0 Å². The lowest BCUT2D eigenvalue weighted by molar-refractivity contribution is -0.145. The number of halogens is 2. The van der Waals surface area contributed by atoms with Crippen molar-refractivity contribution in [2.24, 2.45) is 0 Å². The Labute approximate surface area is 133 Å². The summed E-state index contributed by atoms with van der Waals surface area (Å²) in [6, 6.07) is 4.85. The summed E-state index contributed by atoms with van der Waals surface area (Å²) in [4.78, 5) is 23.5. The third-order valence-electron chi connectivity index (χ3n) is 2.40. The van der Waals surface area contributed by atoms with E-state index in [1.807, 2.05) is 0 Å². The average molecular weight is 331 g/mol. The Morgan fingerprint density at radius 1 is 1.05 bits per heavy atom. The van der Waals surface area contributed by atoms with Crippen molar-refractivity contribution in [3.63, 3.8) is 0 Å². The lowest BCUT2D eigenvalue weighted by atomic mass is 10.1. The van der Waals surface area contributed by atoms with E-state index in [1.54, 1.807) is 32.0 Å². The van der Waals surface area contributed by atoms with Gasteiger partial charge in [0.1, 0.15) is 0 Å². The van der Waals surface area contributed by atoms with Crippen molar-refractivity contribution in [3.8, 4) is 0 Å². The van der Waals surface area contributed by atoms with Gasteiger partial charge in [0.25, 0.3) is 0 Å². The standard InChI is InChI=1S/C15H16Cl2O4/c1-3-20-14(18)8-11(15(19)21-4-2)5-10-6-12(16)9-13(17)7-10/h5-7,9H,3-4,8H2,1-2H3/b11-5+. The van der Waals surface area contributed by atoms with Crippen molar-refractivity contribution < 1.29 is 19.1 Å². The number of rotatable bonds is 6. The van der Waals surface area contributed by atoms with E-state index in [4.69, 9.17) is 32.7 Å². The summed E-state index contributed by atoms with van der Waals surface area (Å²) in [5.41, 5.74) is 0.800. The minimum absolute atomic E-state index is 0.170. The van der Waals surface area contributed by atoms with Crippen LogP contribution in [0, 0.1) is 0 Å². The van der Waals surface area contributed by atoms with Crippen molar-refractivity contribution in [2.75, 3.05) is 13.2 Å². The van der Waals surface area contributed by atoms with Gasteiger partial charge in [-0.3, -0.25) is 4.79 Å². The van der Waals surface area contributed by atoms with Crippen molar-refractivity contribution in [1.29, 1.82) is 0 Å². The average Bonchev–Trinajstić information content (AvgIpc) is 2.37. The molecule has 0 aliphatic heterocycles. The van der Waals surface area contributed by atoms with E-state index in [0.29, 0.717) is 15.6 Å². The molecule has 0 amide bonds. The van der Waals surface area contributed by atoms with Crippen LogP contribution in [0.25, 0.3) is 6.08 Å². The summed E-state index contributed by atoms with van der Waals surface area (Å²) in [5.74, 6) is -1.06. The highest BCUT2D eigenvalue weighted by atomic mass is 35.5. The normalized spacial score (nSPS) is 11.1. The molecule has 0 spiro atoms. The van der Waals surface area contributed by atoms with Gasteiger partial charge in [0.15, 0.2) is 0 Å². The Bertz CT molecular complexity index is 532. The minimum atomic E-state index is -0.568. The first-order valence-electron chi connectivity index (χ1n) is 6.45. The van der Waals surface area contributed by atoms with Crippen molar-refractivity contribution in [2.45, 2.75) is 20.3 Å². The molecule has 0 saturated carbocycles. The number of ether oxygens (including phenoxy) is 2. The monoisotopic (exact) mass is 330 g/mol. The van der Waals surface area contributed by atoms with Gasteiger partial charge in [-0.15, -0.1) is 0 Å². The summed E-state index contributed by atoms with van der Waals surface area (Å²) < 4.78 is 9.78. The van der Waals surface area contributed by atoms with Gasteiger partial charge in [-0.25, -0.2) is 4.79 Å². The SMILES string of the molecule is CCOC(=O)C/C(=C\c1cc(Cl)cc(Cl)c1)C(=O)OCC. The minimum Gasteiger partial charge on any atom is -0.466 e. The van der Waals surface area contributed by atoms with Crippen molar-refractivity contribution in [1.82, 2.24) is 0 Å². The smallest absolute Gasteiger partial charge is 0.334 e. The van der Waals surface area contributed by atoms with Gasteiger partial charge in [0, 0.05) is 15.6 Å². The first-order chi connectivity index (χ1) is 9.96. The highest BCUT2D eigenvalue weighted by Gasteiger charge is 2.16. The van der Waals surface area contributed by atoms with Crippen LogP contribution in [0.2, 0.25) is 10.0 Å². The van der Waals surface area contributed by atoms with E-state index in [9.17, 15) is 9.59 Å². The summed E-state index contributed by atoms with van der Waals surface area (Å²) >= 11 is 11.8. The summed E-state index contributed by atoms with van der Waals surface area (Å²) in [6.45, 7) is 3.85. The number of benzene rings is 1. The molecule has 0 aromatic heterocycles. The highest BCUT2D eigenvalue weighted by Crippen LogP contribution is 2.22. The molecule has 0 aliphatic carbocycles. The van der Waals surface area contributed by atoms with Crippen LogP contribution in [0.1, 0.15) is 25.8 Å². The van der Waals surface area contributed by atoms with Gasteiger partial charge in [0.05, 0.1) is 19.6 Å². The maximum absolute atomic E-state index is 11.9. The fraction of sp³-hybridized carbons (Fsp3) is 0.333. The zero-order valence-electron chi connectivity index (χ0n) is 11.8. The highest BCUT2D eigenvalue weighted by molar-refractivity contribution is 6.34. The Balaban J connectivity index is 3.06. The van der Waals surface area contributed by atoms with Crippen LogP contribution in [0.3, 0.4) is 0 Å². The first-order valence-corrected chi connectivity index (χ1v) is 7.21. The van der Waals surface area contributed by atoms with Crippen LogP contribution >= 0.6 is 23.2 Å². The Morgan fingerprint density at radius 2 is 1.62 bits per heavy atom. The molecule has 1 aromatic rings. The molecule has 0 heterocycles. The van der Waals surface area contributed by atoms with Gasteiger partial charge in [-0.1, -0.05) is 23.2 Å². The molecule has 0 bridgehead atoms. The van der Waals surface area contributed by atoms with Crippen LogP contribution < -0.4 is 0 Å². The largest absolute Gasteiger partial charge is 0.466 e. The van der Waals surface area contributed by atoms with Gasteiger partial charge >= 0.3 is 11.9 Å². The predicted octanol–water partition coefficient (Wildman–Crippen LogP) is 3.89. The molecule has 0 fully saturated rings. The molecular weight excluding hydrogens is 315 g/mol. The van der Waals surface area contributed by atoms with E-state index < -0.39 is 11.9 Å². The molecule has 6 heteroatoms. The zero-order chi connectivity index (χ0) is 15.8. The van der Waals surface area contributed by atoms with Crippen molar-refractivity contribution >= 4 is 41.2 Å². The van der Waals surface area contributed by atoms with E-state index >= 15 is 0 Å². The predicted molar refractivity (Wildman–Crippen MR) is 82.3 cm³/mol. The zero-order valence-corrected chi connectivity index (χ0v) is 13.3. The second-order valence-corrected chi connectivity index (χ2v) is 4.95. The van der Waals surface area contributed by atoms with Crippen LogP contribution in [0.4, 0.5) is 0 Å². The molecule has 0 saturated heterocycles. The molecule has 0 radical (unpaired) electrons. The number of carbonyl (C=O) groups is 2. The second kappa shape index (κ2) is 8.70. The second-order valence-electron chi connectivity index (χ2n) is 4.07. The first kappa shape index (κ1) is 17.5. The molecule has 114 valence electrons. The quantitative estimate of drug-likeness (QED) is 0.586. The van der Waals surface area contributed by atoms with Crippen LogP contribution in [-0.4, -0.2) is 25.2 Å². The topological polar surface area (TPSA) is 52.6 Å². The maximum Gasteiger partial charge on any atom is 0.334 e. The number of carbonyl (C=O) groups excluding carboxylic acids is 2. The molecule has 0 atom stereocenters. The van der Waals surface area contributed by atoms with Crippen LogP contribution in [0.5, 0.6) is 0 Å². The Kier molecular flexibility index (Phi) is 7.26. The summed E-state index contributed by atoms with van der Waals surface area (Å²) in [5, 5.41) is 0.876. The molecule has 0 N–H and O–H groups in total. The number of esters is 2. The molecule has 21 heavy (non-hydrogen) atoms. The fourth-order valence-corrected chi connectivity index (χ4v) is 2.18. The van der Waals surface area contributed by atoms with E-state index in [0.717, 1.165) is 0 Å². The number of hydrogen-bond donors (Lipinski definition) is 0. The van der Waals surface area contributed by atoms with E-state index in [-0.39, 0.29) is 25.2 Å². The Hall–Kier alpha value is -1.52. The van der Waals surface area contributed by atoms with Crippen LogP contribution in [0.15, 0.2) is 23.8 Å². The van der Waals surface area contributed by atoms with E-state index in [1.165, 1.54) is 6.08 Å². The van der Waals surface area contributed by atoms with Gasteiger partial charge in [-0.2, -0.15) is 0 Å². The van der Waals surface area contributed by atoms with Gasteiger partial charge < -0.3 is 9.47 Å².